The van der Waals surface area contributed by atoms with E-state index >= 15 is 0 Å². The van der Waals surface area contributed by atoms with Crippen molar-refractivity contribution < 1.29 is 9.90 Å². The molecule has 2 N–H and O–H groups in total. The third-order valence-corrected chi connectivity index (χ3v) is 4.65. The number of nitrogens with one attached hydrogen (secondary N) is 1. The molecule has 17 heavy (non-hydrogen) atoms. The molecule has 1 aliphatic rings. The highest BCUT2D eigenvalue weighted by atomic mass is 32.1. The van der Waals surface area contributed by atoms with Gasteiger partial charge >= 0.3 is 5.97 Å². The zero-order valence-electron chi connectivity index (χ0n) is 10.2. The molecule has 0 bridgehead atoms. The normalized spacial score (nSPS) is 19.2. The molecular formula is C12H18N2O2S. The molecule has 1 saturated heterocycles. The van der Waals surface area contributed by atoms with Gasteiger partial charge in [-0.05, 0) is 39.8 Å². The Morgan fingerprint density at radius 1 is 1.47 bits per heavy atom. The van der Waals surface area contributed by atoms with Crippen LogP contribution in [0.2, 0.25) is 0 Å². The molecule has 0 aromatic carbocycles. The summed E-state index contributed by atoms with van der Waals surface area (Å²) < 4.78 is 0. The second-order valence-electron chi connectivity index (χ2n) is 4.76. The van der Waals surface area contributed by atoms with Crippen molar-refractivity contribution in [3.05, 3.63) is 15.6 Å². The van der Waals surface area contributed by atoms with E-state index in [1.54, 1.807) is 11.3 Å². The molecule has 94 valence electrons. The maximum atomic E-state index is 11.5. The van der Waals surface area contributed by atoms with Crippen molar-refractivity contribution in [3.8, 4) is 0 Å². The largest absolute Gasteiger partial charge is 0.481 e. The van der Waals surface area contributed by atoms with Gasteiger partial charge in [0, 0.05) is 11.3 Å². The molecule has 0 amide bonds. The Morgan fingerprint density at radius 3 is 2.59 bits per heavy atom. The summed E-state index contributed by atoms with van der Waals surface area (Å²) in [5, 5.41) is 13.7. The third-order valence-electron chi connectivity index (χ3n) is 3.58. The lowest BCUT2D eigenvalue weighted by atomic mass is 9.76. The van der Waals surface area contributed by atoms with Crippen LogP contribution in [0.1, 0.15) is 28.4 Å². The van der Waals surface area contributed by atoms with Crippen molar-refractivity contribution in [1.82, 2.24) is 10.3 Å². The second-order valence-corrected chi connectivity index (χ2v) is 6.05. The summed E-state index contributed by atoms with van der Waals surface area (Å²) in [4.78, 5) is 17.2. The molecule has 5 heteroatoms. The van der Waals surface area contributed by atoms with Crippen molar-refractivity contribution >= 4 is 17.3 Å². The Morgan fingerprint density at radius 2 is 2.12 bits per heavy atom. The van der Waals surface area contributed by atoms with Crippen LogP contribution in [0.3, 0.4) is 0 Å². The standard InChI is InChI=1S/C12H18N2O2S/c1-8-9(2)17-10(14-8)7-12(11(15)16)3-5-13-6-4-12/h13H,3-7H2,1-2H3,(H,15,16). The average molecular weight is 254 g/mol. The average Bonchev–Trinajstić information content (AvgIpc) is 2.59. The number of carboxylic acid groups (broad SMARTS) is 1. The van der Waals surface area contributed by atoms with Crippen LogP contribution in [0.15, 0.2) is 0 Å². The highest BCUT2D eigenvalue weighted by Crippen LogP contribution is 2.34. The van der Waals surface area contributed by atoms with Gasteiger partial charge in [-0.3, -0.25) is 4.79 Å². The van der Waals surface area contributed by atoms with Gasteiger partial charge in [-0.1, -0.05) is 0 Å². The predicted molar refractivity (Wildman–Crippen MR) is 67.5 cm³/mol. The zero-order valence-corrected chi connectivity index (χ0v) is 11.1. The molecule has 0 saturated carbocycles. The third kappa shape index (κ3) is 2.50. The molecule has 0 radical (unpaired) electrons. The van der Waals surface area contributed by atoms with E-state index in [0.29, 0.717) is 19.3 Å². The first-order chi connectivity index (χ1) is 8.03. The van der Waals surface area contributed by atoms with Crippen LogP contribution in [0.4, 0.5) is 0 Å². The molecule has 0 aliphatic carbocycles. The highest BCUT2D eigenvalue weighted by molar-refractivity contribution is 7.11. The minimum absolute atomic E-state index is 0.573. The van der Waals surface area contributed by atoms with Gasteiger partial charge < -0.3 is 10.4 Å². The Labute approximate surface area is 105 Å². The molecule has 1 aromatic heterocycles. The highest BCUT2D eigenvalue weighted by Gasteiger charge is 2.40. The van der Waals surface area contributed by atoms with Gasteiger partial charge in [0.25, 0.3) is 0 Å². The molecular weight excluding hydrogens is 236 g/mol. The minimum Gasteiger partial charge on any atom is -0.481 e. The second kappa shape index (κ2) is 4.74. The molecule has 1 aliphatic heterocycles. The quantitative estimate of drug-likeness (QED) is 0.862. The van der Waals surface area contributed by atoms with Gasteiger partial charge in [-0.25, -0.2) is 4.98 Å². The summed E-state index contributed by atoms with van der Waals surface area (Å²) in [5.41, 5.74) is 0.418. The first kappa shape index (κ1) is 12.5. The van der Waals surface area contributed by atoms with Crippen LogP contribution in [-0.2, 0) is 11.2 Å². The van der Waals surface area contributed by atoms with E-state index in [9.17, 15) is 9.90 Å². The number of rotatable bonds is 3. The number of thiazole rings is 1. The Balaban J connectivity index is 2.20. The van der Waals surface area contributed by atoms with E-state index in [1.807, 2.05) is 13.8 Å². The van der Waals surface area contributed by atoms with Crippen LogP contribution in [-0.4, -0.2) is 29.1 Å². The summed E-state index contributed by atoms with van der Waals surface area (Å²) in [6.07, 6.45) is 1.96. The van der Waals surface area contributed by atoms with Gasteiger partial charge in [0.05, 0.1) is 16.1 Å². The SMILES string of the molecule is Cc1nc(CC2(C(=O)O)CCNCC2)sc1C. The predicted octanol–water partition coefficient (Wildman–Crippen LogP) is 1.76. The van der Waals surface area contributed by atoms with Crippen LogP contribution in [0.5, 0.6) is 0 Å². The number of aromatic nitrogens is 1. The van der Waals surface area contributed by atoms with E-state index in [4.69, 9.17) is 0 Å². The summed E-state index contributed by atoms with van der Waals surface area (Å²) >= 11 is 1.63. The maximum absolute atomic E-state index is 11.5. The topological polar surface area (TPSA) is 62.2 Å². The van der Waals surface area contributed by atoms with Crippen LogP contribution >= 0.6 is 11.3 Å². The molecule has 2 rings (SSSR count). The number of carbonyl (C=O) groups is 1. The summed E-state index contributed by atoms with van der Waals surface area (Å²) in [6, 6.07) is 0. The van der Waals surface area contributed by atoms with E-state index in [0.717, 1.165) is 23.8 Å². The minimum atomic E-state index is -0.676. The van der Waals surface area contributed by atoms with E-state index in [-0.39, 0.29) is 0 Å². The zero-order chi connectivity index (χ0) is 12.5. The Kier molecular flexibility index (Phi) is 3.49. The van der Waals surface area contributed by atoms with Gasteiger partial charge in [-0.2, -0.15) is 0 Å². The van der Waals surface area contributed by atoms with Gasteiger partial charge in [0.15, 0.2) is 0 Å². The van der Waals surface area contributed by atoms with Crippen LogP contribution < -0.4 is 5.32 Å². The van der Waals surface area contributed by atoms with E-state index < -0.39 is 11.4 Å². The molecule has 1 fully saturated rings. The fourth-order valence-corrected chi connectivity index (χ4v) is 3.35. The maximum Gasteiger partial charge on any atom is 0.310 e. The number of hydrogen-bond acceptors (Lipinski definition) is 4. The summed E-state index contributed by atoms with van der Waals surface area (Å²) in [5.74, 6) is -0.676. The lowest BCUT2D eigenvalue weighted by Gasteiger charge is -2.32. The van der Waals surface area contributed by atoms with Gasteiger partial charge in [0.1, 0.15) is 0 Å². The summed E-state index contributed by atoms with van der Waals surface area (Å²) in [7, 11) is 0. The van der Waals surface area contributed by atoms with Gasteiger partial charge in [-0.15, -0.1) is 11.3 Å². The number of carboxylic acids is 1. The fraction of sp³-hybridized carbons (Fsp3) is 0.667. The lowest BCUT2D eigenvalue weighted by molar-refractivity contribution is -0.150. The Bertz CT molecular complexity index is 403. The smallest absolute Gasteiger partial charge is 0.310 e. The monoisotopic (exact) mass is 254 g/mol. The van der Waals surface area contributed by atoms with Crippen molar-refractivity contribution in [2.75, 3.05) is 13.1 Å². The fourth-order valence-electron chi connectivity index (χ4n) is 2.28. The first-order valence-electron chi connectivity index (χ1n) is 5.90. The number of nitrogens with zero attached hydrogens (tertiary/aromatic N) is 1. The van der Waals surface area contributed by atoms with Crippen molar-refractivity contribution in [2.45, 2.75) is 33.1 Å². The number of hydrogen-bond donors (Lipinski definition) is 2. The van der Waals surface area contributed by atoms with E-state index in [1.165, 1.54) is 4.88 Å². The van der Waals surface area contributed by atoms with Crippen molar-refractivity contribution in [1.29, 1.82) is 0 Å². The number of aliphatic carboxylic acids is 1. The number of aryl methyl sites for hydroxylation is 2. The molecule has 1 aromatic rings. The van der Waals surface area contributed by atoms with Crippen molar-refractivity contribution in [3.63, 3.8) is 0 Å². The van der Waals surface area contributed by atoms with Gasteiger partial charge in [0.2, 0.25) is 0 Å². The molecule has 0 unspecified atom stereocenters. The van der Waals surface area contributed by atoms with E-state index in [2.05, 4.69) is 10.3 Å². The van der Waals surface area contributed by atoms with Crippen LogP contribution in [0, 0.1) is 19.3 Å². The number of piperidine rings is 1. The van der Waals surface area contributed by atoms with Crippen molar-refractivity contribution in [2.24, 2.45) is 5.41 Å². The first-order valence-corrected chi connectivity index (χ1v) is 6.72. The molecule has 4 nitrogen and oxygen atoms in total. The summed E-state index contributed by atoms with van der Waals surface area (Å²) in [6.45, 7) is 5.59. The molecule has 0 spiro atoms. The lowest BCUT2D eigenvalue weighted by Crippen LogP contribution is -2.43. The van der Waals surface area contributed by atoms with Crippen LogP contribution in [0.25, 0.3) is 0 Å². The molecule has 2 heterocycles. The molecule has 0 atom stereocenters. The Hall–Kier alpha value is -0.940.